The number of aromatic nitrogens is 2. The summed E-state index contributed by atoms with van der Waals surface area (Å²) in [6, 6.07) is 18.0. The lowest BCUT2D eigenvalue weighted by Crippen LogP contribution is -3.22. The minimum absolute atomic E-state index is 0.269. The molecule has 4 aromatic rings. The number of para-hydroxylation sites is 2. The number of nitrogens with one attached hydrogen (secondary N) is 2. The Morgan fingerprint density at radius 3 is 1.35 bits per heavy atom. The predicted octanol–water partition coefficient (Wildman–Crippen LogP) is -0.738. The molecule has 10 nitrogen and oxygen atoms in total. The molecule has 12 heteroatoms. The van der Waals surface area contributed by atoms with Gasteiger partial charge in [-0.1, -0.05) is 36.4 Å². The number of hydrogen-bond donors (Lipinski definition) is 2. The number of rotatable bonds is 7. The van der Waals surface area contributed by atoms with Gasteiger partial charge in [-0.05, 0) is 24.3 Å². The normalized spacial score (nSPS) is 18.9. The minimum Gasteiger partial charge on any atom is -0.328 e. The smallest absolute Gasteiger partial charge is 0.245 e. The van der Waals surface area contributed by atoms with E-state index in [1.54, 1.807) is 45.3 Å². The van der Waals surface area contributed by atoms with Crippen molar-refractivity contribution in [3.05, 3.63) is 73.1 Å². The van der Waals surface area contributed by atoms with Crippen LogP contribution in [-0.4, -0.2) is 101 Å². The van der Waals surface area contributed by atoms with Crippen LogP contribution >= 0.6 is 0 Å². The maximum Gasteiger partial charge on any atom is 0.245 e. The summed E-state index contributed by atoms with van der Waals surface area (Å²) in [5, 5.41) is 1.63. The molecule has 0 aliphatic carbocycles. The van der Waals surface area contributed by atoms with Gasteiger partial charge in [0, 0.05) is 23.2 Å². The third kappa shape index (κ3) is 5.22. The van der Waals surface area contributed by atoms with Crippen LogP contribution in [0.4, 0.5) is 0 Å². The van der Waals surface area contributed by atoms with Crippen molar-refractivity contribution in [3.8, 4) is 0 Å². The highest BCUT2D eigenvalue weighted by Gasteiger charge is 2.34. The molecule has 0 bridgehead atoms. The standard InChI is InChI=1S/C28H32N6O4S2/c35-39(36,25-9-1-5-23-7-3-11-29-27(23)25)33-19-15-31(16-20-33)13-14-32-17-21-34(22-18-32)40(37,38)26-10-2-6-24-8-4-12-30-28(24)26/h1-12H,13-22H2/p+2. The van der Waals surface area contributed by atoms with E-state index in [0.29, 0.717) is 37.2 Å². The van der Waals surface area contributed by atoms with Gasteiger partial charge in [0.05, 0.1) is 63.4 Å². The summed E-state index contributed by atoms with van der Waals surface area (Å²) in [6.07, 6.45) is 3.25. The summed E-state index contributed by atoms with van der Waals surface area (Å²) in [6.45, 7) is 6.75. The van der Waals surface area contributed by atoms with Crippen molar-refractivity contribution < 1.29 is 26.6 Å². The summed E-state index contributed by atoms with van der Waals surface area (Å²) in [5.74, 6) is 0. The van der Waals surface area contributed by atoms with Crippen LogP contribution < -0.4 is 9.80 Å². The summed E-state index contributed by atoms with van der Waals surface area (Å²) < 4.78 is 56.8. The average molecular weight is 583 g/mol. The highest BCUT2D eigenvalue weighted by molar-refractivity contribution is 7.89. The van der Waals surface area contributed by atoms with E-state index in [1.807, 2.05) is 36.4 Å². The largest absolute Gasteiger partial charge is 0.328 e. The van der Waals surface area contributed by atoms with Gasteiger partial charge < -0.3 is 9.80 Å². The van der Waals surface area contributed by atoms with Gasteiger partial charge in [-0.15, -0.1) is 0 Å². The second-order valence-electron chi connectivity index (χ2n) is 10.5. The molecule has 0 atom stereocenters. The molecule has 40 heavy (non-hydrogen) atoms. The number of piperazine rings is 2. The Hall–Kier alpha value is -3.00. The van der Waals surface area contributed by atoms with E-state index < -0.39 is 20.0 Å². The highest BCUT2D eigenvalue weighted by atomic mass is 32.2. The van der Waals surface area contributed by atoms with Crippen LogP contribution in [0.2, 0.25) is 0 Å². The molecular formula is C28H34N6O4S2+2. The second-order valence-corrected chi connectivity index (χ2v) is 14.3. The van der Waals surface area contributed by atoms with Crippen LogP contribution in [0, 0.1) is 0 Å². The van der Waals surface area contributed by atoms with Crippen LogP contribution in [0.5, 0.6) is 0 Å². The van der Waals surface area contributed by atoms with Gasteiger partial charge in [-0.25, -0.2) is 16.8 Å². The molecular weight excluding hydrogens is 548 g/mol. The van der Waals surface area contributed by atoms with Gasteiger partial charge in [0.1, 0.15) is 22.9 Å². The number of pyridine rings is 2. The quantitative estimate of drug-likeness (QED) is 0.297. The first kappa shape index (κ1) is 27.2. The molecule has 2 aromatic heterocycles. The zero-order valence-electron chi connectivity index (χ0n) is 22.2. The first-order valence-corrected chi connectivity index (χ1v) is 16.6. The van der Waals surface area contributed by atoms with Gasteiger partial charge in [-0.3, -0.25) is 9.97 Å². The molecule has 0 amide bonds. The van der Waals surface area contributed by atoms with Crippen molar-refractivity contribution in [1.82, 2.24) is 18.6 Å². The zero-order valence-corrected chi connectivity index (χ0v) is 23.9. The molecule has 0 radical (unpaired) electrons. The van der Waals surface area contributed by atoms with Crippen molar-refractivity contribution >= 4 is 41.9 Å². The molecule has 210 valence electrons. The van der Waals surface area contributed by atoms with Crippen LogP contribution in [-0.2, 0) is 20.0 Å². The van der Waals surface area contributed by atoms with E-state index in [2.05, 4.69) is 9.97 Å². The molecule has 0 spiro atoms. The molecule has 6 rings (SSSR count). The van der Waals surface area contributed by atoms with E-state index in [0.717, 1.165) is 50.0 Å². The SMILES string of the molecule is O=S(=O)(c1cccc2cccnc12)N1CC[NH+](CC[NH+]2CCN(S(=O)(=O)c3cccc4cccnc34)CC2)CC1. The van der Waals surface area contributed by atoms with Crippen molar-refractivity contribution in [2.45, 2.75) is 9.79 Å². The van der Waals surface area contributed by atoms with Crippen LogP contribution in [0.3, 0.4) is 0 Å². The molecule has 0 unspecified atom stereocenters. The summed E-state index contributed by atoms with van der Waals surface area (Å²) >= 11 is 0. The summed E-state index contributed by atoms with van der Waals surface area (Å²) in [4.78, 5) is 12.0. The van der Waals surface area contributed by atoms with E-state index in [1.165, 1.54) is 9.80 Å². The molecule has 2 aliphatic rings. The molecule has 0 saturated carbocycles. The Morgan fingerprint density at radius 1 is 0.575 bits per heavy atom. The number of hydrogen-bond acceptors (Lipinski definition) is 6. The Balaban J connectivity index is 1.02. The molecule has 2 aromatic carbocycles. The Morgan fingerprint density at radius 2 is 0.950 bits per heavy atom. The Kier molecular flexibility index (Phi) is 7.55. The van der Waals surface area contributed by atoms with Crippen molar-refractivity contribution in [1.29, 1.82) is 0 Å². The fourth-order valence-corrected chi connectivity index (χ4v) is 9.00. The Labute approximate surface area is 234 Å². The van der Waals surface area contributed by atoms with E-state index in [-0.39, 0.29) is 9.79 Å². The van der Waals surface area contributed by atoms with E-state index >= 15 is 0 Å². The monoisotopic (exact) mass is 582 g/mol. The predicted molar refractivity (Wildman–Crippen MR) is 152 cm³/mol. The van der Waals surface area contributed by atoms with Gasteiger partial charge in [0.25, 0.3) is 0 Å². The fraction of sp³-hybridized carbons (Fsp3) is 0.357. The maximum atomic E-state index is 13.4. The van der Waals surface area contributed by atoms with Gasteiger partial charge in [-0.2, -0.15) is 8.61 Å². The van der Waals surface area contributed by atoms with E-state index in [4.69, 9.17) is 0 Å². The topological polar surface area (TPSA) is 109 Å². The first-order chi connectivity index (χ1) is 19.3. The number of benzene rings is 2. The number of sulfonamides is 2. The first-order valence-electron chi connectivity index (χ1n) is 13.7. The van der Waals surface area contributed by atoms with Crippen LogP contribution in [0.15, 0.2) is 82.8 Å². The maximum absolute atomic E-state index is 13.4. The number of quaternary nitrogens is 2. The summed E-state index contributed by atoms with van der Waals surface area (Å²) in [5.41, 5.74) is 1.03. The number of fused-ring (bicyclic) bond motifs is 2. The fourth-order valence-electron chi connectivity index (χ4n) is 5.79. The van der Waals surface area contributed by atoms with Crippen molar-refractivity contribution in [2.75, 3.05) is 65.4 Å². The van der Waals surface area contributed by atoms with Crippen LogP contribution in [0.25, 0.3) is 21.8 Å². The van der Waals surface area contributed by atoms with Gasteiger partial charge in [0.2, 0.25) is 20.0 Å². The van der Waals surface area contributed by atoms with Gasteiger partial charge in [0.15, 0.2) is 0 Å². The van der Waals surface area contributed by atoms with Crippen molar-refractivity contribution in [3.63, 3.8) is 0 Å². The lowest BCUT2D eigenvalue weighted by Gasteiger charge is -2.34. The highest BCUT2D eigenvalue weighted by Crippen LogP contribution is 2.25. The Bertz CT molecular complexity index is 1590. The van der Waals surface area contributed by atoms with Crippen molar-refractivity contribution in [2.24, 2.45) is 0 Å². The average Bonchev–Trinajstić information content (AvgIpc) is 3.00. The lowest BCUT2D eigenvalue weighted by atomic mass is 10.2. The summed E-state index contributed by atoms with van der Waals surface area (Å²) in [7, 11) is -7.24. The van der Waals surface area contributed by atoms with E-state index in [9.17, 15) is 16.8 Å². The number of nitrogens with zero attached hydrogens (tertiary/aromatic N) is 4. The molecule has 4 heterocycles. The zero-order chi connectivity index (χ0) is 27.7. The minimum atomic E-state index is -3.62. The van der Waals surface area contributed by atoms with Crippen LogP contribution in [0.1, 0.15) is 0 Å². The third-order valence-corrected chi connectivity index (χ3v) is 12.0. The molecule has 2 saturated heterocycles. The second kappa shape index (κ2) is 11.1. The molecule has 2 aliphatic heterocycles. The van der Waals surface area contributed by atoms with Gasteiger partial charge >= 0.3 is 0 Å². The molecule has 2 N–H and O–H groups in total. The molecule has 2 fully saturated rings. The lowest BCUT2D eigenvalue weighted by molar-refractivity contribution is -0.960. The third-order valence-electron chi connectivity index (χ3n) is 8.12.